The summed E-state index contributed by atoms with van der Waals surface area (Å²) < 4.78 is 0. The van der Waals surface area contributed by atoms with E-state index in [1.54, 1.807) is 0 Å². The molecular formula is C45H28S. The Bertz CT molecular complexity index is 2490. The number of hydrogen-bond donors (Lipinski definition) is 0. The Hall–Kier alpha value is -5.37. The van der Waals surface area contributed by atoms with E-state index in [9.17, 15) is 0 Å². The summed E-state index contributed by atoms with van der Waals surface area (Å²) in [6.07, 6.45) is 0. The molecule has 1 heteroatoms. The van der Waals surface area contributed by atoms with Gasteiger partial charge in [-0.25, -0.2) is 0 Å². The SMILES string of the molecule is c1ccc(C2(c3ccc(-c4cc5c6c(cccc6c4)Sc4ccccc4-5)cc3)c3ccccc3-c3cc4ccccc4cc32)cc1. The first-order valence-corrected chi connectivity index (χ1v) is 16.7. The van der Waals surface area contributed by atoms with E-state index >= 15 is 0 Å². The average Bonchev–Trinajstić information content (AvgIpc) is 3.41. The highest BCUT2D eigenvalue weighted by atomic mass is 32.2. The zero-order valence-corrected chi connectivity index (χ0v) is 25.9. The first-order chi connectivity index (χ1) is 22.8. The summed E-state index contributed by atoms with van der Waals surface area (Å²) in [5.74, 6) is 0. The lowest BCUT2D eigenvalue weighted by Crippen LogP contribution is -2.28. The van der Waals surface area contributed by atoms with E-state index in [-0.39, 0.29) is 0 Å². The van der Waals surface area contributed by atoms with Crippen LogP contribution in [-0.2, 0) is 5.41 Å². The quantitative estimate of drug-likeness (QED) is 0.194. The molecule has 0 aromatic heterocycles. The molecule has 0 amide bonds. The molecule has 10 rings (SSSR count). The van der Waals surface area contributed by atoms with Crippen LogP contribution in [0, 0.1) is 0 Å². The maximum atomic E-state index is 2.44. The molecule has 214 valence electrons. The van der Waals surface area contributed by atoms with Gasteiger partial charge in [0.2, 0.25) is 0 Å². The van der Waals surface area contributed by atoms with Gasteiger partial charge < -0.3 is 0 Å². The van der Waals surface area contributed by atoms with E-state index in [4.69, 9.17) is 0 Å². The molecule has 1 aliphatic carbocycles. The molecule has 1 unspecified atom stereocenters. The van der Waals surface area contributed by atoms with E-state index in [1.165, 1.54) is 87.0 Å². The minimum Gasteiger partial charge on any atom is -0.0888 e. The Labute approximate surface area is 273 Å². The summed E-state index contributed by atoms with van der Waals surface area (Å²) in [4.78, 5) is 2.66. The molecule has 0 nitrogen and oxygen atoms in total. The van der Waals surface area contributed by atoms with Crippen molar-refractivity contribution in [3.05, 3.63) is 192 Å². The van der Waals surface area contributed by atoms with Gasteiger partial charge in [0.25, 0.3) is 0 Å². The Morgan fingerprint density at radius 1 is 0.348 bits per heavy atom. The molecule has 0 bridgehead atoms. The summed E-state index contributed by atoms with van der Waals surface area (Å²) in [5, 5.41) is 5.20. The standard InChI is InChI=1S/C45H28S/c1-2-14-34(15-3-1)45(40-18-8-6-16-36(40)38-26-30-11-4-5-12-31(30)28-41(38)45)35-23-21-29(22-24-35)33-25-32-13-10-20-43-44(32)39(27-33)37-17-7-9-19-42(37)46-43/h1-28H. The highest BCUT2D eigenvalue weighted by Gasteiger charge is 2.46. The molecule has 8 aromatic carbocycles. The molecule has 0 radical (unpaired) electrons. The largest absolute Gasteiger partial charge is 0.0888 e. The summed E-state index contributed by atoms with van der Waals surface area (Å²) in [7, 11) is 0. The maximum Gasteiger partial charge on any atom is 0.0713 e. The minimum atomic E-state index is -0.420. The van der Waals surface area contributed by atoms with E-state index in [0.29, 0.717) is 0 Å². The molecule has 1 heterocycles. The highest BCUT2D eigenvalue weighted by molar-refractivity contribution is 7.99. The van der Waals surface area contributed by atoms with E-state index in [1.807, 2.05) is 11.8 Å². The van der Waals surface area contributed by atoms with Crippen molar-refractivity contribution in [2.24, 2.45) is 0 Å². The molecule has 0 N–H and O–H groups in total. The van der Waals surface area contributed by atoms with Gasteiger partial charge in [0.05, 0.1) is 5.41 Å². The van der Waals surface area contributed by atoms with Gasteiger partial charge in [-0.2, -0.15) is 0 Å². The van der Waals surface area contributed by atoms with Gasteiger partial charge in [-0.3, -0.25) is 0 Å². The van der Waals surface area contributed by atoms with Crippen molar-refractivity contribution < 1.29 is 0 Å². The van der Waals surface area contributed by atoms with Crippen LogP contribution < -0.4 is 0 Å². The molecular weight excluding hydrogens is 573 g/mol. The lowest BCUT2D eigenvalue weighted by atomic mass is 9.67. The third-order valence-corrected chi connectivity index (χ3v) is 11.2. The normalized spacial score (nSPS) is 15.8. The van der Waals surface area contributed by atoms with Crippen molar-refractivity contribution in [3.63, 3.8) is 0 Å². The first-order valence-electron chi connectivity index (χ1n) is 15.9. The Kier molecular flexibility index (Phi) is 5.53. The topological polar surface area (TPSA) is 0 Å². The molecule has 0 spiro atoms. The van der Waals surface area contributed by atoms with Crippen molar-refractivity contribution in [2.75, 3.05) is 0 Å². The van der Waals surface area contributed by atoms with Crippen molar-refractivity contribution in [1.82, 2.24) is 0 Å². The molecule has 1 aliphatic heterocycles. The predicted octanol–water partition coefficient (Wildman–Crippen LogP) is 12.2. The predicted molar refractivity (Wildman–Crippen MR) is 194 cm³/mol. The molecule has 0 saturated heterocycles. The molecule has 46 heavy (non-hydrogen) atoms. The summed E-state index contributed by atoms with van der Waals surface area (Å²) in [5.41, 5.74) is 12.6. The Morgan fingerprint density at radius 2 is 1.00 bits per heavy atom. The summed E-state index contributed by atoms with van der Waals surface area (Å²) in [6.45, 7) is 0. The van der Waals surface area contributed by atoms with Crippen molar-refractivity contribution >= 4 is 33.3 Å². The number of rotatable bonds is 3. The van der Waals surface area contributed by atoms with Crippen molar-refractivity contribution in [2.45, 2.75) is 15.2 Å². The lowest BCUT2D eigenvalue weighted by Gasteiger charge is -2.34. The van der Waals surface area contributed by atoms with E-state index in [0.717, 1.165) is 0 Å². The minimum absolute atomic E-state index is 0.420. The fraction of sp³-hybridized carbons (Fsp3) is 0.0222. The summed E-state index contributed by atoms with van der Waals surface area (Å²) >= 11 is 1.88. The lowest BCUT2D eigenvalue weighted by molar-refractivity contribution is 0.770. The number of hydrogen-bond acceptors (Lipinski definition) is 1. The molecule has 1 atom stereocenters. The fourth-order valence-electron chi connectivity index (χ4n) is 8.11. The first kappa shape index (κ1) is 25.9. The molecule has 8 aromatic rings. The van der Waals surface area contributed by atoms with Crippen LogP contribution in [0.4, 0.5) is 0 Å². The van der Waals surface area contributed by atoms with Gasteiger partial charge in [-0.05, 0) is 108 Å². The molecule has 0 fully saturated rings. The maximum absolute atomic E-state index is 2.44. The van der Waals surface area contributed by atoms with Gasteiger partial charge >= 0.3 is 0 Å². The Morgan fingerprint density at radius 3 is 1.85 bits per heavy atom. The second-order valence-electron chi connectivity index (χ2n) is 12.5. The number of benzene rings is 8. The number of fused-ring (bicyclic) bond motifs is 6. The summed E-state index contributed by atoms with van der Waals surface area (Å²) in [6, 6.07) is 63.4. The van der Waals surface area contributed by atoms with Crippen LogP contribution in [0.15, 0.2) is 180 Å². The van der Waals surface area contributed by atoms with Crippen LogP contribution in [0.25, 0.3) is 54.9 Å². The second kappa shape index (κ2) is 9.81. The van der Waals surface area contributed by atoms with Crippen LogP contribution >= 0.6 is 11.8 Å². The van der Waals surface area contributed by atoms with Crippen molar-refractivity contribution in [3.8, 4) is 33.4 Å². The van der Waals surface area contributed by atoms with Crippen LogP contribution in [0.3, 0.4) is 0 Å². The fourth-order valence-corrected chi connectivity index (χ4v) is 9.26. The van der Waals surface area contributed by atoms with Crippen LogP contribution in [0.1, 0.15) is 22.3 Å². The van der Waals surface area contributed by atoms with E-state index < -0.39 is 5.41 Å². The van der Waals surface area contributed by atoms with Gasteiger partial charge in [0.1, 0.15) is 0 Å². The van der Waals surface area contributed by atoms with Crippen molar-refractivity contribution in [1.29, 1.82) is 0 Å². The van der Waals surface area contributed by atoms with Crippen LogP contribution in [0.2, 0.25) is 0 Å². The zero-order chi connectivity index (χ0) is 30.2. The smallest absolute Gasteiger partial charge is 0.0713 e. The highest BCUT2D eigenvalue weighted by Crippen LogP contribution is 2.57. The zero-order valence-electron chi connectivity index (χ0n) is 25.1. The van der Waals surface area contributed by atoms with E-state index in [2.05, 4.69) is 170 Å². The van der Waals surface area contributed by atoms with Crippen LogP contribution in [0.5, 0.6) is 0 Å². The van der Waals surface area contributed by atoms with Crippen LogP contribution in [-0.4, -0.2) is 0 Å². The van der Waals surface area contributed by atoms with Gasteiger partial charge in [0, 0.05) is 15.2 Å². The monoisotopic (exact) mass is 600 g/mol. The molecule has 0 saturated carbocycles. The van der Waals surface area contributed by atoms with Gasteiger partial charge in [0.15, 0.2) is 0 Å². The third-order valence-electron chi connectivity index (χ3n) is 10.1. The third kappa shape index (κ3) is 3.58. The average molecular weight is 601 g/mol. The Balaban J connectivity index is 1.20. The molecule has 2 aliphatic rings. The van der Waals surface area contributed by atoms with Gasteiger partial charge in [-0.15, -0.1) is 0 Å². The van der Waals surface area contributed by atoms with Gasteiger partial charge in [-0.1, -0.05) is 145 Å². The second-order valence-corrected chi connectivity index (χ2v) is 13.5.